The van der Waals surface area contributed by atoms with Crippen LogP contribution in [0.5, 0.6) is 11.5 Å². The number of methoxy groups -OCH3 is 2. The van der Waals surface area contributed by atoms with E-state index in [-0.39, 0.29) is 24.4 Å². The van der Waals surface area contributed by atoms with Crippen molar-refractivity contribution in [1.29, 1.82) is 0 Å². The van der Waals surface area contributed by atoms with Crippen LogP contribution in [0.25, 0.3) is 16.5 Å². The number of carbonyl (C=O) groups excluding carboxylic acids is 1. The average Bonchev–Trinajstić information content (AvgIpc) is 3.24. The lowest BCUT2D eigenvalue weighted by Crippen LogP contribution is -2.33. The number of benzene rings is 2. The molecular formula is C24H25N5O3. The van der Waals surface area contributed by atoms with Gasteiger partial charge in [0.2, 0.25) is 5.91 Å². The Morgan fingerprint density at radius 3 is 2.44 bits per heavy atom. The van der Waals surface area contributed by atoms with Gasteiger partial charge in [0, 0.05) is 10.8 Å². The van der Waals surface area contributed by atoms with Gasteiger partial charge < -0.3 is 9.47 Å². The topological polar surface area (TPSA) is 99.9 Å². The maximum Gasteiger partial charge on any atom is 0.249 e. The fourth-order valence-electron chi connectivity index (χ4n) is 4.41. The van der Waals surface area contributed by atoms with Gasteiger partial charge >= 0.3 is 0 Å². The quantitative estimate of drug-likeness (QED) is 0.360. The minimum atomic E-state index is -0.311. The standard InChI is InChI=1S/C24H25N5O3/c1-31-19-10-6-16(7-11-19)14-18-4-3-5-21-23(18)27-29(22(30)15-26-28-25)24(21)17-8-12-20(32-2)13-9-17/h6-14,21,24H,3-5,15H2,1-2H3/b18-14-/t21-,24+/m0/s1. The lowest BCUT2D eigenvalue weighted by atomic mass is 9.77. The summed E-state index contributed by atoms with van der Waals surface area (Å²) < 4.78 is 10.5. The summed E-state index contributed by atoms with van der Waals surface area (Å²) in [5.41, 5.74) is 12.8. The maximum absolute atomic E-state index is 12.9. The molecular weight excluding hydrogens is 406 g/mol. The van der Waals surface area contributed by atoms with Gasteiger partial charge in [0.1, 0.15) is 18.0 Å². The molecule has 1 aliphatic carbocycles. The van der Waals surface area contributed by atoms with E-state index in [2.05, 4.69) is 16.1 Å². The molecule has 1 heterocycles. The zero-order chi connectivity index (χ0) is 22.5. The van der Waals surface area contributed by atoms with E-state index >= 15 is 0 Å². The van der Waals surface area contributed by atoms with Gasteiger partial charge in [-0.25, -0.2) is 5.01 Å². The molecule has 2 aromatic rings. The first-order valence-corrected chi connectivity index (χ1v) is 10.5. The molecule has 0 spiro atoms. The van der Waals surface area contributed by atoms with Crippen LogP contribution in [-0.2, 0) is 4.79 Å². The molecule has 1 saturated carbocycles. The Morgan fingerprint density at radius 2 is 1.81 bits per heavy atom. The lowest BCUT2D eigenvalue weighted by Gasteiger charge is -2.29. The van der Waals surface area contributed by atoms with Crippen LogP contribution in [0.1, 0.15) is 36.4 Å². The molecule has 8 heteroatoms. The molecule has 2 aromatic carbocycles. The molecule has 1 aliphatic heterocycles. The van der Waals surface area contributed by atoms with E-state index in [1.165, 1.54) is 5.01 Å². The van der Waals surface area contributed by atoms with Crippen molar-refractivity contribution in [3.63, 3.8) is 0 Å². The highest BCUT2D eigenvalue weighted by atomic mass is 16.5. The third kappa shape index (κ3) is 4.31. The molecule has 0 unspecified atom stereocenters. The molecule has 0 aromatic heterocycles. The van der Waals surface area contributed by atoms with Crippen LogP contribution in [0.2, 0.25) is 0 Å². The maximum atomic E-state index is 12.9. The van der Waals surface area contributed by atoms with Crippen molar-refractivity contribution in [1.82, 2.24) is 5.01 Å². The van der Waals surface area contributed by atoms with Gasteiger partial charge in [-0.1, -0.05) is 29.4 Å². The average molecular weight is 431 g/mol. The number of fused-ring (bicyclic) bond motifs is 1. The number of hydrazone groups is 1. The van der Waals surface area contributed by atoms with Crippen molar-refractivity contribution in [3.05, 3.63) is 75.7 Å². The molecule has 4 rings (SSSR count). The number of rotatable bonds is 6. The van der Waals surface area contributed by atoms with Gasteiger partial charge in [-0.2, -0.15) is 5.10 Å². The molecule has 0 N–H and O–H groups in total. The zero-order valence-corrected chi connectivity index (χ0v) is 18.1. The summed E-state index contributed by atoms with van der Waals surface area (Å²) in [4.78, 5) is 15.6. The Balaban J connectivity index is 1.71. The third-order valence-electron chi connectivity index (χ3n) is 5.94. The summed E-state index contributed by atoms with van der Waals surface area (Å²) in [5.74, 6) is 1.33. The van der Waals surface area contributed by atoms with E-state index in [4.69, 9.17) is 20.1 Å². The van der Waals surface area contributed by atoms with Crippen molar-refractivity contribution < 1.29 is 14.3 Å². The first kappa shape index (κ1) is 21.5. The Morgan fingerprint density at radius 1 is 1.16 bits per heavy atom. The van der Waals surface area contributed by atoms with Gasteiger partial charge in [-0.15, -0.1) is 0 Å². The molecule has 32 heavy (non-hydrogen) atoms. The van der Waals surface area contributed by atoms with E-state index in [9.17, 15) is 4.79 Å². The first-order chi connectivity index (χ1) is 15.6. The van der Waals surface area contributed by atoms with Crippen molar-refractivity contribution in [2.45, 2.75) is 25.3 Å². The van der Waals surface area contributed by atoms with Crippen molar-refractivity contribution >= 4 is 17.7 Å². The highest BCUT2D eigenvalue weighted by Gasteiger charge is 2.43. The monoisotopic (exact) mass is 431 g/mol. The van der Waals surface area contributed by atoms with Gasteiger partial charge in [0.25, 0.3) is 0 Å². The molecule has 2 atom stereocenters. The lowest BCUT2D eigenvalue weighted by molar-refractivity contribution is -0.132. The summed E-state index contributed by atoms with van der Waals surface area (Å²) in [7, 11) is 3.27. The highest BCUT2D eigenvalue weighted by molar-refractivity contribution is 6.08. The van der Waals surface area contributed by atoms with Crippen LogP contribution in [0.3, 0.4) is 0 Å². The Bertz CT molecular complexity index is 1090. The van der Waals surface area contributed by atoms with E-state index in [1.807, 2.05) is 48.5 Å². The van der Waals surface area contributed by atoms with E-state index < -0.39 is 0 Å². The van der Waals surface area contributed by atoms with Crippen molar-refractivity contribution in [3.8, 4) is 11.5 Å². The van der Waals surface area contributed by atoms with Crippen LogP contribution in [0, 0.1) is 5.92 Å². The largest absolute Gasteiger partial charge is 0.497 e. The van der Waals surface area contributed by atoms with Crippen LogP contribution >= 0.6 is 0 Å². The van der Waals surface area contributed by atoms with E-state index in [0.717, 1.165) is 53.2 Å². The summed E-state index contributed by atoms with van der Waals surface area (Å²) in [5, 5.41) is 9.74. The fraction of sp³-hybridized carbons (Fsp3) is 0.333. The Labute approximate surface area is 186 Å². The summed E-state index contributed by atoms with van der Waals surface area (Å²) in [6.45, 7) is -0.260. The Hall–Kier alpha value is -3.77. The predicted octanol–water partition coefficient (Wildman–Crippen LogP) is 5.14. The molecule has 0 saturated heterocycles. The molecule has 0 radical (unpaired) electrons. The van der Waals surface area contributed by atoms with Gasteiger partial charge in [-0.3, -0.25) is 4.79 Å². The fourth-order valence-corrected chi connectivity index (χ4v) is 4.41. The van der Waals surface area contributed by atoms with Crippen LogP contribution in [-0.4, -0.2) is 37.4 Å². The second kappa shape index (κ2) is 9.58. The highest BCUT2D eigenvalue weighted by Crippen LogP contribution is 2.44. The summed E-state index contributed by atoms with van der Waals surface area (Å²) in [6.07, 6.45) is 4.98. The number of allylic oxidation sites excluding steroid dienone is 1. The summed E-state index contributed by atoms with van der Waals surface area (Å²) >= 11 is 0. The zero-order valence-electron chi connectivity index (χ0n) is 18.1. The number of ether oxygens (including phenoxy) is 2. The van der Waals surface area contributed by atoms with Crippen LogP contribution in [0.15, 0.2) is 64.3 Å². The Kier molecular flexibility index (Phi) is 6.42. The molecule has 2 aliphatic rings. The summed E-state index contributed by atoms with van der Waals surface area (Å²) in [6, 6.07) is 15.4. The second-order valence-electron chi connectivity index (χ2n) is 7.77. The van der Waals surface area contributed by atoms with Crippen molar-refractivity contribution in [2.24, 2.45) is 16.1 Å². The third-order valence-corrected chi connectivity index (χ3v) is 5.94. The SMILES string of the molecule is COc1ccc(/C=C2/CCC[C@H]3C2=NN(C(=O)CN=[N+]=[N-])[C@@H]3c2ccc(OC)cc2)cc1. The van der Waals surface area contributed by atoms with Gasteiger partial charge in [-0.05, 0) is 71.8 Å². The van der Waals surface area contributed by atoms with Gasteiger partial charge in [0.15, 0.2) is 0 Å². The number of amides is 1. The number of nitrogens with zero attached hydrogens (tertiary/aromatic N) is 5. The minimum absolute atomic E-state index is 0.0802. The number of carbonyl (C=O) groups is 1. The molecule has 164 valence electrons. The number of azide groups is 1. The van der Waals surface area contributed by atoms with E-state index in [0.29, 0.717) is 0 Å². The molecule has 1 fully saturated rings. The molecule has 8 nitrogen and oxygen atoms in total. The van der Waals surface area contributed by atoms with E-state index in [1.54, 1.807) is 14.2 Å². The number of hydrogen-bond acceptors (Lipinski definition) is 5. The number of hydrogen-bond donors (Lipinski definition) is 0. The van der Waals surface area contributed by atoms with Crippen LogP contribution < -0.4 is 9.47 Å². The van der Waals surface area contributed by atoms with Gasteiger partial charge in [0.05, 0.1) is 26.0 Å². The molecule has 1 amide bonds. The van der Waals surface area contributed by atoms with Crippen molar-refractivity contribution in [2.75, 3.05) is 20.8 Å². The second-order valence-corrected chi connectivity index (χ2v) is 7.77. The smallest absolute Gasteiger partial charge is 0.249 e. The molecule has 0 bridgehead atoms. The first-order valence-electron chi connectivity index (χ1n) is 10.5. The minimum Gasteiger partial charge on any atom is -0.497 e. The predicted molar refractivity (Wildman–Crippen MR) is 122 cm³/mol. The van der Waals surface area contributed by atoms with Crippen LogP contribution in [0.4, 0.5) is 0 Å². The normalized spacial score (nSPS) is 20.9.